The minimum atomic E-state index is -0.524. The Hall–Kier alpha value is -4.08. The number of fused-ring (bicyclic) bond motifs is 1. The third-order valence-electron chi connectivity index (χ3n) is 5.72. The van der Waals surface area contributed by atoms with Gasteiger partial charge in [-0.1, -0.05) is 30.3 Å². The lowest BCUT2D eigenvalue weighted by molar-refractivity contribution is -0.110. The van der Waals surface area contributed by atoms with Gasteiger partial charge in [0.15, 0.2) is 0 Å². The fourth-order valence-electron chi connectivity index (χ4n) is 4.02. The molecule has 1 aromatic carbocycles. The van der Waals surface area contributed by atoms with Crippen molar-refractivity contribution in [1.82, 2.24) is 15.0 Å². The van der Waals surface area contributed by atoms with E-state index in [2.05, 4.69) is 10.3 Å². The van der Waals surface area contributed by atoms with Gasteiger partial charge in [0.25, 0.3) is 5.91 Å². The molecule has 1 aliphatic rings. The molecule has 176 valence electrons. The fraction of sp³-hybridized carbons (Fsp3) is 0.154. The molecular formula is C26H22N4O4S. The fourth-order valence-corrected chi connectivity index (χ4v) is 4.84. The van der Waals surface area contributed by atoms with E-state index in [0.717, 1.165) is 16.3 Å². The van der Waals surface area contributed by atoms with Gasteiger partial charge in [0.2, 0.25) is 0 Å². The van der Waals surface area contributed by atoms with E-state index >= 15 is 0 Å². The summed E-state index contributed by atoms with van der Waals surface area (Å²) in [5, 5.41) is 14.6. The van der Waals surface area contributed by atoms with Gasteiger partial charge in [0.05, 0.1) is 29.1 Å². The van der Waals surface area contributed by atoms with Gasteiger partial charge >= 0.3 is 5.97 Å². The van der Waals surface area contributed by atoms with Crippen molar-refractivity contribution >= 4 is 40.5 Å². The summed E-state index contributed by atoms with van der Waals surface area (Å²) in [6.07, 6.45) is 1.69. The number of pyridine rings is 1. The zero-order valence-electron chi connectivity index (χ0n) is 19.1. The summed E-state index contributed by atoms with van der Waals surface area (Å²) in [6.45, 7) is 3.21. The van der Waals surface area contributed by atoms with Crippen LogP contribution in [0.15, 0.2) is 47.8 Å². The highest BCUT2D eigenvalue weighted by atomic mass is 32.1. The van der Waals surface area contributed by atoms with Gasteiger partial charge in [-0.3, -0.25) is 4.79 Å². The molecule has 0 saturated carbocycles. The van der Waals surface area contributed by atoms with Crippen LogP contribution >= 0.6 is 11.3 Å². The number of ether oxygens (including phenoxy) is 1. The zero-order chi connectivity index (χ0) is 24.5. The molecule has 4 heterocycles. The molecule has 0 radical (unpaired) electrons. The number of amides is 1. The Kier molecular flexibility index (Phi) is 6.02. The summed E-state index contributed by atoms with van der Waals surface area (Å²) in [7, 11) is 0. The third kappa shape index (κ3) is 4.27. The average molecular weight is 487 g/mol. The van der Waals surface area contributed by atoms with Crippen LogP contribution in [0.2, 0.25) is 0 Å². The van der Waals surface area contributed by atoms with Crippen LogP contribution in [0.1, 0.15) is 33.0 Å². The van der Waals surface area contributed by atoms with E-state index < -0.39 is 5.97 Å². The Morgan fingerprint density at radius 2 is 1.91 bits per heavy atom. The van der Waals surface area contributed by atoms with E-state index in [1.807, 2.05) is 47.8 Å². The van der Waals surface area contributed by atoms with Crippen LogP contribution in [0.3, 0.4) is 0 Å². The number of nitrogens with zero attached hydrogens (tertiary/aromatic N) is 2. The molecule has 9 heteroatoms. The van der Waals surface area contributed by atoms with Gasteiger partial charge in [-0.25, -0.2) is 14.8 Å². The first kappa shape index (κ1) is 22.7. The predicted octanol–water partition coefficient (Wildman–Crippen LogP) is 4.46. The van der Waals surface area contributed by atoms with Crippen LogP contribution in [0.4, 0.5) is 5.69 Å². The first-order chi connectivity index (χ1) is 17.0. The van der Waals surface area contributed by atoms with Crippen molar-refractivity contribution in [2.45, 2.75) is 13.8 Å². The highest BCUT2D eigenvalue weighted by Crippen LogP contribution is 2.35. The summed E-state index contributed by atoms with van der Waals surface area (Å²) < 4.78 is 5.07. The lowest BCUT2D eigenvalue weighted by atomic mass is 10.1. The number of hydrogen-bond donors (Lipinski definition) is 3. The Bertz CT molecular complexity index is 1470. The van der Waals surface area contributed by atoms with Crippen molar-refractivity contribution in [1.29, 1.82) is 0 Å². The van der Waals surface area contributed by atoms with Gasteiger partial charge in [-0.05, 0) is 37.6 Å². The molecule has 8 nitrogen and oxygen atoms in total. The molecule has 5 rings (SSSR count). The summed E-state index contributed by atoms with van der Waals surface area (Å²) in [4.78, 5) is 37.8. The van der Waals surface area contributed by atoms with Crippen molar-refractivity contribution in [3.63, 3.8) is 0 Å². The lowest BCUT2D eigenvalue weighted by Crippen LogP contribution is -2.10. The standard InChI is InChI=1S/C26H22N4O4S/c1-14-20(27-15(2)22(14)26(33)34-11-10-31)12-17-23-19(29-24(17)32)9-8-18(28-23)21-13-35-25(30-21)16-6-4-3-5-7-16/h3-9,12-13,27,31H,10-11H2,1-2H3,(H,29,32)/b17-12-. The number of aliphatic hydroxyl groups excluding tert-OH is 1. The van der Waals surface area contributed by atoms with E-state index in [0.29, 0.717) is 45.2 Å². The molecule has 35 heavy (non-hydrogen) atoms. The van der Waals surface area contributed by atoms with Crippen molar-refractivity contribution in [3.05, 3.63) is 76.1 Å². The maximum atomic E-state index is 12.8. The van der Waals surface area contributed by atoms with Crippen LogP contribution in [-0.2, 0) is 9.53 Å². The largest absolute Gasteiger partial charge is 0.460 e. The topological polar surface area (TPSA) is 117 Å². The van der Waals surface area contributed by atoms with Gasteiger partial charge in [0, 0.05) is 22.3 Å². The highest BCUT2D eigenvalue weighted by molar-refractivity contribution is 7.13. The maximum Gasteiger partial charge on any atom is 0.340 e. The molecule has 0 spiro atoms. The minimum absolute atomic E-state index is 0.0790. The number of hydrogen-bond acceptors (Lipinski definition) is 7. The molecule has 0 fully saturated rings. The number of benzene rings is 1. The number of aromatic amines is 1. The summed E-state index contributed by atoms with van der Waals surface area (Å²) in [6, 6.07) is 13.6. The number of H-pyrrole nitrogens is 1. The number of aryl methyl sites for hydroxylation is 1. The molecule has 0 unspecified atom stereocenters. The van der Waals surface area contributed by atoms with Crippen LogP contribution in [0.5, 0.6) is 0 Å². The Balaban J connectivity index is 1.50. The second-order valence-electron chi connectivity index (χ2n) is 8.03. The molecule has 0 bridgehead atoms. The molecule has 3 aromatic heterocycles. The van der Waals surface area contributed by atoms with E-state index in [9.17, 15) is 9.59 Å². The van der Waals surface area contributed by atoms with Crippen LogP contribution in [0, 0.1) is 13.8 Å². The molecule has 0 atom stereocenters. The number of thiazole rings is 1. The Labute approximate surface area is 205 Å². The predicted molar refractivity (Wildman–Crippen MR) is 135 cm³/mol. The van der Waals surface area contributed by atoms with E-state index in [1.54, 1.807) is 19.9 Å². The summed E-state index contributed by atoms with van der Waals surface area (Å²) in [5.74, 6) is -0.798. The molecule has 3 N–H and O–H groups in total. The molecule has 0 saturated heterocycles. The smallest absolute Gasteiger partial charge is 0.340 e. The van der Waals surface area contributed by atoms with Crippen molar-refractivity contribution < 1.29 is 19.4 Å². The minimum Gasteiger partial charge on any atom is -0.460 e. The van der Waals surface area contributed by atoms with Crippen LogP contribution in [-0.4, -0.2) is 45.1 Å². The van der Waals surface area contributed by atoms with Crippen LogP contribution in [0.25, 0.3) is 33.6 Å². The number of aromatic nitrogens is 3. The first-order valence-corrected chi connectivity index (χ1v) is 11.9. The molecule has 1 amide bonds. The number of anilines is 1. The van der Waals surface area contributed by atoms with E-state index in [1.165, 1.54) is 11.3 Å². The Morgan fingerprint density at radius 3 is 2.69 bits per heavy atom. The second kappa shape index (κ2) is 9.28. The van der Waals surface area contributed by atoms with Crippen molar-refractivity contribution in [2.75, 3.05) is 18.5 Å². The number of nitrogens with one attached hydrogen (secondary N) is 2. The van der Waals surface area contributed by atoms with E-state index in [-0.39, 0.29) is 19.1 Å². The number of esters is 1. The van der Waals surface area contributed by atoms with Gasteiger partial charge in [-0.15, -0.1) is 11.3 Å². The summed E-state index contributed by atoms with van der Waals surface area (Å²) in [5.41, 5.74) is 6.24. The van der Waals surface area contributed by atoms with Crippen LogP contribution < -0.4 is 5.32 Å². The average Bonchev–Trinajstić information content (AvgIpc) is 3.54. The van der Waals surface area contributed by atoms with Crippen molar-refractivity contribution in [3.8, 4) is 22.0 Å². The second-order valence-corrected chi connectivity index (χ2v) is 8.89. The molecule has 1 aliphatic heterocycles. The monoisotopic (exact) mass is 486 g/mol. The third-order valence-corrected chi connectivity index (χ3v) is 6.62. The van der Waals surface area contributed by atoms with Gasteiger partial charge < -0.3 is 20.1 Å². The highest BCUT2D eigenvalue weighted by Gasteiger charge is 2.28. The molecular weight excluding hydrogens is 464 g/mol. The summed E-state index contributed by atoms with van der Waals surface area (Å²) >= 11 is 1.54. The van der Waals surface area contributed by atoms with E-state index in [4.69, 9.17) is 19.8 Å². The normalized spacial score (nSPS) is 13.7. The zero-order valence-corrected chi connectivity index (χ0v) is 19.9. The maximum absolute atomic E-state index is 12.8. The molecule has 0 aliphatic carbocycles. The van der Waals surface area contributed by atoms with Gasteiger partial charge in [-0.2, -0.15) is 0 Å². The quantitative estimate of drug-likeness (QED) is 0.274. The first-order valence-electron chi connectivity index (χ1n) is 11.0. The SMILES string of the molecule is Cc1[nH]c(/C=C2\C(=O)Nc3ccc(-c4csc(-c5ccccc5)n4)nc32)c(C)c1C(=O)OCCO. The number of carbonyl (C=O) groups is 2. The van der Waals surface area contributed by atoms with Crippen molar-refractivity contribution in [2.24, 2.45) is 0 Å². The lowest BCUT2D eigenvalue weighted by Gasteiger charge is -2.03. The Morgan fingerprint density at radius 1 is 1.11 bits per heavy atom. The van der Waals surface area contributed by atoms with Gasteiger partial charge in [0.1, 0.15) is 23.0 Å². The number of rotatable bonds is 6. The molecule has 4 aromatic rings. The number of aliphatic hydroxyl groups is 1. The number of carbonyl (C=O) groups excluding carboxylic acids is 2.